The summed E-state index contributed by atoms with van der Waals surface area (Å²) < 4.78 is 10.9. The molecule has 1 atom stereocenters. The number of aryl methyl sites for hydroxylation is 2. The van der Waals surface area contributed by atoms with Crippen molar-refractivity contribution in [2.45, 2.75) is 13.8 Å². The lowest BCUT2D eigenvalue weighted by molar-refractivity contribution is 0.0956. The Kier molecular flexibility index (Phi) is 4.04. The lowest BCUT2D eigenvalue weighted by Crippen LogP contribution is -2.27. The first kappa shape index (κ1) is 13.8. The molecule has 0 saturated heterocycles. The van der Waals surface area contributed by atoms with Gasteiger partial charge in [0, 0.05) is 51.5 Å². The van der Waals surface area contributed by atoms with Crippen molar-refractivity contribution in [1.82, 2.24) is 10.3 Å². The standard InChI is InChI=1S/C14H18N2O2S/c1-9-10(2)16-13-5-4-11(8-12(9)13)14(17)15-6-7-19(3)18/h4-5,8,16H,6-7H2,1-3H3,(H,15,17). The largest absolute Gasteiger partial charge is 0.358 e. The summed E-state index contributed by atoms with van der Waals surface area (Å²) in [6.45, 7) is 4.49. The minimum atomic E-state index is -0.881. The Labute approximate surface area is 115 Å². The first-order valence-electron chi connectivity index (χ1n) is 6.16. The highest BCUT2D eigenvalue weighted by molar-refractivity contribution is 7.84. The first-order valence-corrected chi connectivity index (χ1v) is 7.89. The van der Waals surface area contributed by atoms with Crippen LogP contribution in [0.25, 0.3) is 10.9 Å². The number of H-pyrrole nitrogens is 1. The van der Waals surface area contributed by atoms with Crippen molar-refractivity contribution in [1.29, 1.82) is 0 Å². The molecule has 19 heavy (non-hydrogen) atoms. The average molecular weight is 278 g/mol. The Morgan fingerprint density at radius 2 is 2.11 bits per heavy atom. The van der Waals surface area contributed by atoms with Crippen LogP contribution in [-0.2, 0) is 10.8 Å². The second-order valence-corrected chi connectivity index (χ2v) is 6.22. The molecule has 0 aliphatic heterocycles. The molecule has 2 aromatic rings. The quantitative estimate of drug-likeness (QED) is 0.897. The normalized spacial score (nSPS) is 12.6. The summed E-state index contributed by atoms with van der Waals surface area (Å²) in [6.07, 6.45) is 1.63. The molecule has 0 bridgehead atoms. The van der Waals surface area contributed by atoms with Crippen LogP contribution in [-0.4, -0.2) is 33.7 Å². The number of carbonyl (C=O) groups is 1. The molecule has 102 valence electrons. The molecule has 2 rings (SSSR count). The second kappa shape index (κ2) is 5.57. The van der Waals surface area contributed by atoms with Crippen molar-refractivity contribution >= 4 is 27.6 Å². The van der Waals surface area contributed by atoms with Crippen molar-refractivity contribution in [3.05, 3.63) is 35.0 Å². The molecule has 5 heteroatoms. The van der Waals surface area contributed by atoms with Crippen molar-refractivity contribution in [2.75, 3.05) is 18.6 Å². The highest BCUT2D eigenvalue weighted by Gasteiger charge is 2.09. The zero-order valence-corrected chi connectivity index (χ0v) is 12.2. The van der Waals surface area contributed by atoms with Gasteiger partial charge in [-0.15, -0.1) is 0 Å². The molecular weight excluding hydrogens is 260 g/mol. The molecule has 0 spiro atoms. The van der Waals surface area contributed by atoms with Gasteiger partial charge >= 0.3 is 0 Å². The van der Waals surface area contributed by atoms with Crippen LogP contribution >= 0.6 is 0 Å². The van der Waals surface area contributed by atoms with Gasteiger partial charge in [0.1, 0.15) is 0 Å². The molecule has 1 amide bonds. The van der Waals surface area contributed by atoms with Gasteiger partial charge in [0.15, 0.2) is 0 Å². The molecule has 0 fully saturated rings. The molecule has 1 aromatic carbocycles. The van der Waals surface area contributed by atoms with Gasteiger partial charge in [-0.3, -0.25) is 9.00 Å². The predicted octanol–water partition coefficient (Wildman–Crippen LogP) is 1.89. The third-order valence-electron chi connectivity index (χ3n) is 3.25. The maximum Gasteiger partial charge on any atom is 0.251 e. The highest BCUT2D eigenvalue weighted by atomic mass is 32.2. The molecule has 4 nitrogen and oxygen atoms in total. The number of hydrogen-bond donors (Lipinski definition) is 2. The van der Waals surface area contributed by atoms with Crippen molar-refractivity contribution in [3.8, 4) is 0 Å². The van der Waals surface area contributed by atoms with Crippen LogP contribution in [0.4, 0.5) is 0 Å². The zero-order chi connectivity index (χ0) is 14.0. The average Bonchev–Trinajstić information content (AvgIpc) is 2.64. The van der Waals surface area contributed by atoms with E-state index >= 15 is 0 Å². The van der Waals surface area contributed by atoms with E-state index in [4.69, 9.17) is 0 Å². The van der Waals surface area contributed by atoms with Crippen molar-refractivity contribution in [2.24, 2.45) is 0 Å². The number of benzene rings is 1. The Balaban J connectivity index is 2.18. The van der Waals surface area contributed by atoms with Gasteiger partial charge in [0.05, 0.1) is 0 Å². The van der Waals surface area contributed by atoms with E-state index in [2.05, 4.69) is 10.3 Å². The number of nitrogens with one attached hydrogen (secondary N) is 2. The van der Waals surface area contributed by atoms with E-state index in [9.17, 15) is 9.00 Å². The molecule has 0 radical (unpaired) electrons. The Morgan fingerprint density at radius 3 is 2.79 bits per heavy atom. The molecule has 1 aromatic heterocycles. The number of fused-ring (bicyclic) bond motifs is 1. The van der Waals surface area contributed by atoms with Gasteiger partial charge in [0.25, 0.3) is 5.91 Å². The minimum absolute atomic E-state index is 0.120. The molecule has 0 saturated carbocycles. The predicted molar refractivity (Wildman–Crippen MR) is 79.0 cm³/mol. The topological polar surface area (TPSA) is 62.0 Å². The van der Waals surface area contributed by atoms with Gasteiger partial charge in [-0.25, -0.2) is 0 Å². The van der Waals surface area contributed by atoms with Crippen LogP contribution in [0, 0.1) is 13.8 Å². The maximum atomic E-state index is 12.0. The van der Waals surface area contributed by atoms with Crippen LogP contribution in [0.5, 0.6) is 0 Å². The molecular formula is C14H18N2O2S. The van der Waals surface area contributed by atoms with Crippen molar-refractivity contribution < 1.29 is 9.00 Å². The number of aromatic amines is 1. The van der Waals surface area contributed by atoms with Crippen LogP contribution in [0.3, 0.4) is 0 Å². The van der Waals surface area contributed by atoms with E-state index in [1.54, 1.807) is 12.3 Å². The van der Waals surface area contributed by atoms with E-state index in [0.29, 0.717) is 17.9 Å². The summed E-state index contributed by atoms with van der Waals surface area (Å²) in [6, 6.07) is 5.62. The molecule has 2 N–H and O–H groups in total. The lowest BCUT2D eigenvalue weighted by atomic mass is 10.1. The molecule has 1 heterocycles. The molecule has 1 unspecified atom stereocenters. The fourth-order valence-electron chi connectivity index (χ4n) is 2.01. The summed E-state index contributed by atoms with van der Waals surface area (Å²) in [5, 5.41) is 3.85. The third kappa shape index (κ3) is 3.04. The van der Waals surface area contributed by atoms with E-state index in [0.717, 1.165) is 16.6 Å². The Morgan fingerprint density at radius 1 is 1.37 bits per heavy atom. The fraction of sp³-hybridized carbons (Fsp3) is 0.357. The van der Waals surface area contributed by atoms with Gasteiger partial charge in [-0.05, 0) is 37.6 Å². The summed E-state index contributed by atoms with van der Waals surface area (Å²) in [5.74, 6) is 0.363. The number of amides is 1. The number of rotatable bonds is 4. The van der Waals surface area contributed by atoms with Gasteiger partial charge in [-0.1, -0.05) is 0 Å². The number of aromatic nitrogens is 1. The maximum absolute atomic E-state index is 12.0. The minimum Gasteiger partial charge on any atom is -0.358 e. The number of hydrogen-bond acceptors (Lipinski definition) is 2. The zero-order valence-electron chi connectivity index (χ0n) is 11.4. The van der Waals surface area contributed by atoms with Crippen LogP contribution in [0.1, 0.15) is 21.6 Å². The van der Waals surface area contributed by atoms with Crippen LogP contribution in [0.15, 0.2) is 18.2 Å². The van der Waals surface area contributed by atoms with E-state index in [1.807, 2.05) is 26.0 Å². The van der Waals surface area contributed by atoms with E-state index in [1.165, 1.54) is 5.56 Å². The van der Waals surface area contributed by atoms with Gasteiger partial charge in [-0.2, -0.15) is 0 Å². The smallest absolute Gasteiger partial charge is 0.251 e. The number of carbonyl (C=O) groups excluding carboxylic acids is 1. The van der Waals surface area contributed by atoms with Gasteiger partial charge in [0.2, 0.25) is 0 Å². The first-order chi connectivity index (χ1) is 8.99. The summed E-state index contributed by atoms with van der Waals surface area (Å²) in [7, 11) is -0.881. The van der Waals surface area contributed by atoms with Crippen LogP contribution < -0.4 is 5.32 Å². The third-order valence-corrected chi connectivity index (χ3v) is 4.02. The summed E-state index contributed by atoms with van der Waals surface area (Å²) in [4.78, 5) is 15.2. The lowest BCUT2D eigenvalue weighted by Gasteiger charge is -2.04. The summed E-state index contributed by atoms with van der Waals surface area (Å²) in [5.41, 5.74) is 3.96. The molecule has 0 aliphatic carbocycles. The monoisotopic (exact) mass is 278 g/mol. The fourth-order valence-corrected chi connectivity index (χ4v) is 2.40. The Hall–Kier alpha value is -1.62. The van der Waals surface area contributed by atoms with E-state index < -0.39 is 10.8 Å². The molecule has 0 aliphatic rings. The van der Waals surface area contributed by atoms with Gasteiger partial charge < -0.3 is 10.3 Å². The summed E-state index contributed by atoms with van der Waals surface area (Å²) >= 11 is 0. The SMILES string of the molecule is Cc1[nH]c2ccc(C(=O)NCCS(C)=O)cc2c1C. The highest BCUT2D eigenvalue weighted by Crippen LogP contribution is 2.22. The second-order valence-electron chi connectivity index (χ2n) is 4.67. The Bertz CT molecular complexity index is 646. The van der Waals surface area contributed by atoms with Crippen molar-refractivity contribution in [3.63, 3.8) is 0 Å². The van der Waals surface area contributed by atoms with Crippen LogP contribution in [0.2, 0.25) is 0 Å². The van der Waals surface area contributed by atoms with E-state index in [-0.39, 0.29) is 5.91 Å².